The fraction of sp³-hybridized carbons (Fsp3) is 0.222. The van der Waals surface area contributed by atoms with E-state index in [-0.39, 0.29) is 11.0 Å². The zero-order chi connectivity index (χ0) is 16.8. The van der Waals surface area contributed by atoms with Gasteiger partial charge in [-0.25, -0.2) is 9.66 Å². The second kappa shape index (κ2) is 5.49. The van der Waals surface area contributed by atoms with Crippen molar-refractivity contribution >= 4 is 26.8 Å². The van der Waals surface area contributed by atoms with E-state index in [0.29, 0.717) is 16.7 Å². The third kappa shape index (κ3) is 2.77. The minimum Gasteiger partial charge on any atom is -0.334 e. The van der Waals surface area contributed by atoms with Gasteiger partial charge in [0.15, 0.2) is 5.82 Å². The molecule has 2 N–H and O–H groups in total. The average molecular weight is 372 g/mol. The SMILES string of the molecule is CC(C)(C)c1ccc(-c2nc3c(Br)cccc3c(=O)n2N)cc1. The molecule has 23 heavy (non-hydrogen) atoms. The van der Waals surface area contributed by atoms with E-state index in [1.54, 1.807) is 12.1 Å². The van der Waals surface area contributed by atoms with Crippen molar-refractivity contribution in [2.75, 3.05) is 5.84 Å². The molecule has 0 unspecified atom stereocenters. The van der Waals surface area contributed by atoms with Gasteiger partial charge < -0.3 is 5.84 Å². The lowest BCUT2D eigenvalue weighted by Gasteiger charge is -2.19. The lowest BCUT2D eigenvalue weighted by Crippen LogP contribution is -2.30. The maximum Gasteiger partial charge on any atom is 0.280 e. The molecule has 0 saturated heterocycles. The maximum absolute atomic E-state index is 12.5. The van der Waals surface area contributed by atoms with Crippen molar-refractivity contribution in [3.63, 3.8) is 0 Å². The van der Waals surface area contributed by atoms with Crippen LogP contribution in [-0.4, -0.2) is 9.66 Å². The molecule has 0 fully saturated rings. The molecule has 1 aromatic heterocycles. The minimum atomic E-state index is -0.258. The fourth-order valence-electron chi connectivity index (χ4n) is 2.51. The number of nitrogen functional groups attached to an aromatic ring is 1. The maximum atomic E-state index is 12.5. The quantitative estimate of drug-likeness (QED) is 0.661. The van der Waals surface area contributed by atoms with Crippen LogP contribution in [0.25, 0.3) is 22.3 Å². The molecule has 0 radical (unpaired) electrons. The molecule has 2 aromatic carbocycles. The van der Waals surface area contributed by atoms with E-state index >= 15 is 0 Å². The Morgan fingerprint density at radius 3 is 2.35 bits per heavy atom. The first-order valence-corrected chi connectivity index (χ1v) is 8.15. The summed E-state index contributed by atoms with van der Waals surface area (Å²) in [6, 6.07) is 13.4. The summed E-state index contributed by atoms with van der Waals surface area (Å²) in [5.41, 5.74) is 2.46. The van der Waals surface area contributed by atoms with Gasteiger partial charge in [-0.05, 0) is 39.0 Å². The molecule has 3 aromatic rings. The largest absolute Gasteiger partial charge is 0.334 e. The van der Waals surface area contributed by atoms with Gasteiger partial charge >= 0.3 is 0 Å². The lowest BCUT2D eigenvalue weighted by molar-refractivity contribution is 0.590. The highest BCUT2D eigenvalue weighted by atomic mass is 79.9. The molecule has 5 heteroatoms. The highest BCUT2D eigenvalue weighted by Gasteiger charge is 2.16. The number of fused-ring (bicyclic) bond motifs is 1. The molecular formula is C18H18BrN3O. The molecule has 0 aliphatic heterocycles. The average Bonchev–Trinajstić information content (AvgIpc) is 2.51. The van der Waals surface area contributed by atoms with Crippen LogP contribution in [0.5, 0.6) is 0 Å². The molecule has 118 valence electrons. The first-order chi connectivity index (χ1) is 10.8. The van der Waals surface area contributed by atoms with Crippen molar-refractivity contribution in [1.82, 2.24) is 9.66 Å². The fourth-order valence-corrected chi connectivity index (χ4v) is 2.97. The number of aromatic nitrogens is 2. The molecule has 0 amide bonds. The summed E-state index contributed by atoms with van der Waals surface area (Å²) in [6.07, 6.45) is 0. The Kier molecular flexibility index (Phi) is 3.76. The standard InChI is InChI=1S/C18H18BrN3O/c1-18(2,3)12-9-7-11(8-10-12)16-21-15-13(17(23)22(16)20)5-4-6-14(15)19/h4-10H,20H2,1-3H3. The first kappa shape index (κ1) is 15.7. The van der Waals surface area contributed by atoms with Gasteiger partial charge in [0.25, 0.3) is 5.56 Å². The number of nitrogens with zero attached hydrogens (tertiary/aromatic N) is 2. The minimum absolute atomic E-state index is 0.0702. The molecule has 0 saturated carbocycles. The molecule has 1 heterocycles. The van der Waals surface area contributed by atoms with Crippen molar-refractivity contribution in [1.29, 1.82) is 0 Å². The molecule has 0 aliphatic carbocycles. The normalized spacial score (nSPS) is 11.8. The monoisotopic (exact) mass is 371 g/mol. The summed E-state index contributed by atoms with van der Waals surface area (Å²) in [5.74, 6) is 6.43. The molecule has 0 bridgehead atoms. The number of halogens is 1. The summed E-state index contributed by atoms with van der Waals surface area (Å²) in [6.45, 7) is 6.48. The molecule has 3 rings (SSSR count). The van der Waals surface area contributed by atoms with Crippen molar-refractivity contribution < 1.29 is 0 Å². The topological polar surface area (TPSA) is 60.9 Å². The molecule has 0 aliphatic rings. The van der Waals surface area contributed by atoms with E-state index in [1.807, 2.05) is 30.3 Å². The predicted molar refractivity (Wildman–Crippen MR) is 98.0 cm³/mol. The van der Waals surface area contributed by atoms with Crippen LogP contribution in [0.1, 0.15) is 26.3 Å². The van der Waals surface area contributed by atoms with Crippen LogP contribution >= 0.6 is 15.9 Å². The zero-order valence-electron chi connectivity index (χ0n) is 13.3. The molecule has 0 atom stereocenters. The molecular weight excluding hydrogens is 354 g/mol. The molecule has 0 spiro atoms. The van der Waals surface area contributed by atoms with Crippen molar-refractivity contribution in [3.8, 4) is 11.4 Å². The van der Waals surface area contributed by atoms with Crippen LogP contribution in [0.4, 0.5) is 0 Å². The summed E-state index contributed by atoms with van der Waals surface area (Å²) < 4.78 is 1.89. The smallest absolute Gasteiger partial charge is 0.280 e. The van der Waals surface area contributed by atoms with E-state index in [4.69, 9.17) is 5.84 Å². The number of nitrogens with two attached hydrogens (primary N) is 1. The van der Waals surface area contributed by atoms with Crippen molar-refractivity contribution in [2.24, 2.45) is 0 Å². The van der Waals surface area contributed by atoms with Crippen LogP contribution < -0.4 is 11.4 Å². The van der Waals surface area contributed by atoms with Gasteiger partial charge in [0.05, 0.1) is 10.9 Å². The van der Waals surface area contributed by atoms with Gasteiger partial charge in [-0.15, -0.1) is 0 Å². The number of hydrogen-bond donors (Lipinski definition) is 1. The van der Waals surface area contributed by atoms with Crippen LogP contribution in [-0.2, 0) is 5.41 Å². The highest BCUT2D eigenvalue weighted by Crippen LogP contribution is 2.26. The van der Waals surface area contributed by atoms with E-state index in [9.17, 15) is 4.79 Å². The number of rotatable bonds is 1. The van der Waals surface area contributed by atoms with Gasteiger partial charge in [0, 0.05) is 10.0 Å². The van der Waals surface area contributed by atoms with Gasteiger partial charge in [-0.3, -0.25) is 4.79 Å². The summed E-state index contributed by atoms with van der Waals surface area (Å²) in [5, 5.41) is 0.497. The Morgan fingerprint density at radius 2 is 1.74 bits per heavy atom. The van der Waals surface area contributed by atoms with E-state index < -0.39 is 0 Å². The number of para-hydroxylation sites is 1. The van der Waals surface area contributed by atoms with Crippen LogP contribution in [0.2, 0.25) is 0 Å². The Labute approximate surface area is 143 Å². The van der Waals surface area contributed by atoms with Gasteiger partial charge in [0.2, 0.25) is 0 Å². The van der Waals surface area contributed by atoms with Crippen molar-refractivity contribution in [2.45, 2.75) is 26.2 Å². The van der Waals surface area contributed by atoms with Crippen LogP contribution in [0, 0.1) is 0 Å². The molecule has 4 nitrogen and oxygen atoms in total. The van der Waals surface area contributed by atoms with Crippen molar-refractivity contribution in [3.05, 3.63) is 62.9 Å². The summed E-state index contributed by atoms with van der Waals surface area (Å²) in [4.78, 5) is 17.1. The predicted octanol–water partition coefficient (Wildman–Crippen LogP) is 3.84. The van der Waals surface area contributed by atoms with Crippen LogP contribution in [0.15, 0.2) is 51.7 Å². The summed E-state index contributed by atoms with van der Waals surface area (Å²) in [7, 11) is 0. The zero-order valence-corrected chi connectivity index (χ0v) is 14.9. The highest BCUT2D eigenvalue weighted by molar-refractivity contribution is 9.10. The Morgan fingerprint density at radius 1 is 1.09 bits per heavy atom. The third-order valence-corrected chi connectivity index (χ3v) is 4.53. The third-order valence-electron chi connectivity index (χ3n) is 3.89. The van der Waals surface area contributed by atoms with Gasteiger partial charge in [-0.2, -0.15) is 0 Å². The van der Waals surface area contributed by atoms with Crippen LogP contribution in [0.3, 0.4) is 0 Å². The van der Waals surface area contributed by atoms with Gasteiger partial charge in [0.1, 0.15) is 0 Å². The Balaban J connectivity index is 2.22. The Bertz CT molecular complexity index is 937. The van der Waals surface area contributed by atoms with E-state index in [1.165, 1.54) is 5.56 Å². The number of benzene rings is 2. The van der Waals surface area contributed by atoms with E-state index in [2.05, 4.69) is 41.7 Å². The first-order valence-electron chi connectivity index (χ1n) is 7.36. The van der Waals surface area contributed by atoms with E-state index in [0.717, 1.165) is 14.7 Å². The second-order valence-electron chi connectivity index (χ2n) is 6.57. The number of hydrogen-bond acceptors (Lipinski definition) is 3. The summed E-state index contributed by atoms with van der Waals surface area (Å²) >= 11 is 3.45. The lowest BCUT2D eigenvalue weighted by atomic mass is 9.86. The van der Waals surface area contributed by atoms with Gasteiger partial charge in [-0.1, -0.05) is 51.1 Å². The Hall–Kier alpha value is -2.14. The second-order valence-corrected chi connectivity index (χ2v) is 7.43.